The highest BCUT2D eigenvalue weighted by Gasteiger charge is 2.26. The van der Waals surface area contributed by atoms with Crippen molar-refractivity contribution in [2.24, 2.45) is 0 Å². The summed E-state index contributed by atoms with van der Waals surface area (Å²) >= 11 is 0. The minimum atomic E-state index is 0.636. The van der Waals surface area contributed by atoms with Gasteiger partial charge in [0.25, 0.3) is 0 Å². The topological polar surface area (TPSA) is 40.6 Å². The number of aromatic nitrogens is 5. The molecule has 0 amide bonds. The number of aryl methyl sites for hydroxylation is 6. The van der Waals surface area contributed by atoms with E-state index < -0.39 is 0 Å². The number of hydrogen-bond acceptors (Lipinski definition) is 2. The molecule has 0 spiro atoms. The molecule has 0 bridgehead atoms. The fourth-order valence-corrected chi connectivity index (χ4v) is 15.4. The first kappa shape index (κ1) is 55.4. The van der Waals surface area contributed by atoms with Crippen LogP contribution in [0.2, 0.25) is 0 Å². The molecule has 0 saturated heterocycles. The van der Waals surface area contributed by atoms with E-state index in [4.69, 9.17) is 9.97 Å². The lowest BCUT2D eigenvalue weighted by molar-refractivity contribution is 1.16. The highest BCUT2D eigenvalue weighted by Crippen LogP contribution is 2.47. The zero-order chi connectivity index (χ0) is 62.6. The Morgan fingerprint density at radius 3 is 0.925 bits per heavy atom. The lowest BCUT2D eigenvalue weighted by Gasteiger charge is -2.22. The van der Waals surface area contributed by atoms with Gasteiger partial charge in [-0.2, -0.15) is 0 Å². The van der Waals surface area contributed by atoms with Gasteiger partial charge in [0.15, 0.2) is 5.82 Å². The molecular formula is C88H65N5. The van der Waals surface area contributed by atoms with Crippen LogP contribution in [0, 0.1) is 41.5 Å². The predicted molar refractivity (Wildman–Crippen MR) is 392 cm³/mol. The fraction of sp³-hybridized carbons (Fsp3) is 0.0682. The maximum absolute atomic E-state index is 5.56. The van der Waals surface area contributed by atoms with E-state index >= 15 is 0 Å². The third kappa shape index (κ3) is 9.29. The van der Waals surface area contributed by atoms with Crippen molar-refractivity contribution in [2.75, 3.05) is 0 Å². The second-order valence-electron chi connectivity index (χ2n) is 25.3. The maximum atomic E-state index is 5.56. The smallest absolute Gasteiger partial charge is 0.160 e. The molecule has 13 aromatic carbocycles. The quantitative estimate of drug-likeness (QED) is 0.137. The molecule has 5 nitrogen and oxygen atoms in total. The maximum Gasteiger partial charge on any atom is 0.160 e. The molecule has 93 heavy (non-hydrogen) atoms. The Balaban J connectivity index is 0.987. The minimum absolute atomic E-state index is 0.636. The van der Waals surface area contributed by atoms with Gasteiger partial charge in [0.05, 0.1) is 50.2 Å². The summed E-state index contributed by atoms with van der Waals surface area (Å²) in [6.07, 6.45) is 0. The number of benzene rings is 13. The molecule has 0 radical (unpaired) electrons. The van der Waals surface area contributed by atoms with Gasteiger partial charge in [-0.25, -0.2) is 9.97 Å². The van der Waals surface area contributed by atoms with Gasteiger partial charge < -0.3 is 13.7 Å². The van der Waals surface area contributed by atoms with Crippen LogP contribution in [0.15, 0.2) is 285 Å². The van der Waals surface area contributed by atoms with E-state index in [2.05, 4.69) is 340 Å². The number of nitrogens with zero attached hydrogens (tertiary/aromatic N) is 5. The predicted octanol–water partition coefficient (Wildman–Crippen LogP) is 23.3. The van der Waals surface area contributed by atoms with Crippen LogP contribution in [0.25, 0.3) is 161 Å². The molecule has 4 heterocycles. The van der Waals surface area contributed by atoms with E-state index in [0.29, 0.717) is 5.82 Å². The van der Waals surface area contributed by atoms with Crippen molar-refractivity contribution in [3.05, 3.63) is 318 Å². The van der Waals surface area contributed by atoms with Crippen molar-refractivity contribution < 1.29 is 0 Å². The number of para-hydroxylation sites is 4. The number of fused-ring (bicyclic) bond motifs is 9. The van der Waals surface area contributed by atoms with Crippen molar-refractivity contribution in [1.82, 2.24) is 23.7 Å². The monoisotopic (exact) mass is 1190 g/mol. The summed E-state index contributed by atoms with van der Waals surface area (Å²) in [4.78, 5) is 11.1. The Hall–Kier alpha value is -11.7. The zero-order valence-corrected chi connectivity index (χ0v) is 52.9. The third-order valence-electron chi connectivity index (χ3n) is 19.2. The van der Waals surface area contributed by atoms with Crippen LogP contribution in [-0.4, -0.2) is 23.7 Å². The summed E-state index contributed by atoms with van der Waals surface area (Å²) in [5, 5.41) is 7.28. The van der Waals surface area contributed by atoms with Crippen molar-refractivity contribution in [1.29, 1.82) is 0 Å². The van der Waals surface area contributed by atoms with Gasteiger partial charge in [0.1, 0.15) is 0 Å². The van der Waals surface area contributed by atoms with Crippen LogP contribution in [-0.2, 0) is 0 Å². The van der Waals surface area contributed by atoms with E-state index in [9.17, 15) is 0 Å². The first-order valence-electron chi connectivity index (χ1n) is 32.2. The summed E-state index contributed by atoms with van der Waals surface area (Å²) in [6.45, 7) is 13.4. The summed E-state index contributed by atoms with van der Waals surface area (Å²) in [5.41, 5.74) is 31.5. The first-order chi connectivity index (χ1) is 45.6. The molecule has 0 unspecified atom stereocenters. The molecule has 0 aliphatic rings. The zero-order valence-electron chi connectivity index (χ0n) is 52.9. The molecule has 5 heteroatoms. The number of rotatable bonds is 10. The Morgan fingerprint density at radius 2 is 0.559 bits per heavy atom. The molecule has 442 valence electrons. The Morgan fingerprint density at radius 1 is 0.237 bits per heavy atom. The molecule has 0 fully saturated rings. The summed E-state index contributed by atoms with van der Waals surface area (Å²) < 4.78 is 7.37. The number of hydrogen-bond donors (Lipinski definition) is 0. The van der Waals surface area contributed by atoms with Crippen LogP contribution >= 0.6 is 0 Å². The molecule has 17 rings (SSSR count). The molecule has 17 aromatic rings. The third-order valence-corrected chi connectivity index (χ3v) is 19.2. The lowest BCUT2D eigenvalue weighted by atomic mass is 9.91. The van der Waals surface area contributed by atoms with Crippen LogP contribution < -0.4 is 0 Å². The molecule has 0 atom stereocenters. The minimum Gasteiger partial charge on any atom is -0.309 e. The molecule has 4 aromatic heterocycles. The van der Waals surface area contributed by atoms with E-state index in [1.54, 1.807) is 0 Å². The SMILES string of the molecule is Cc1cc(C)c(-c2ccc3c(c2)c2cc(-c4c(C)cc(C)cc4C)ccc2n3-c2c(-c3ccc(-n4c5ccccc5c5ccccc54)cc3)cc(-c3nc(-c4ccccc4)cc(-c4ccccc4)n3)cc2-c2ccc(-n3c4ccccc4c4ccccc43)cc2)c(C)c1. The van der Waals surface area contributed by atoms with Crippen molar-refractivity contribution in [3.63, 3.8) is 0 Å². The summed E-state index contributed by atoms with van der Waals surface area (Å²) in [5.74, 6) is 0.636. The van der Waals surface area contributed by atoms with Crippen LogP contribution in [0.5, 0.6) is 0 Å². The van der Waals surface area contributed by atoms with Gasteiger partial charge in [0, 0.05) is 71.5 Å². The average molecular weight is 1190 g/mol. The first-order valence-corrected chi connectivity index (χ1v) is 32.2. The largest absolute Gasteiger partial charge is 0.309 e. The van der Waals surface area contributed by atoms with Gasteiger partial charge in [-0.15, -0.1) is 0 Å². The molecule has 0 N–H and O–H groups in total. The Labute approximate surface area is 541 Å². The fourth-order valence-electron chi connectivity index (χ4n) is 15.4. The van der Waals surface area contributed by atoms with Gasteiger partial charge in [-0.3, -0.25) is 0 Å². The van der Waals surface area contributed by atoms with E-state index in [1.807, 2.05) is 0 Å². The molecule has 0 aliphatic heterocycles. The highest BCUT2D eigenvalue weighted by atomic mass is 15.0. The van der Waals surface area contributed by atoms with Crippen molar-refractivity contribution in [3.8, 4) is 95.5 Å². The lowest BCUT2D eigenvalue weighted by Crippen LogP contribution is -2.04. The Kier molecular flexibility index (Phi) is 13.2. The van der Waals surface area contributed by atoms with Gasteiger partial charge in [0.2, 0.25) is 0 Å². The summed E-state index contributed by atoms with van der Waals surface area (Å²) in [7, 11) is 0. The normalized spacial score (nSPS) is 11.8. The van der Waals surface area contributed by atoms with Crippen LogP contribution in [0.3, 0.4) is 0 Å². The molecular weight excluding hydrogens is 1130 g/mol. The van der Waals surface area contributed by atoms with Gasteiger partial charge >= 0.3 is 0 Å². The molecule has 0 aliphatic carbocycles. The van der Waals surface area contributed by atoms with E-state index in [-0.39, 0.29) is 0 Å². The average Bonchev–Trinajstić information content (AvgIpc) is 1.68. The molecule has 0 saturated carbocycles. The second kappa shape index (κ2) is 22.1. The van der Waals surface area contributed by atoms with Gasteiger partial charge in [-0.1, -0.05) is 205 Å². The standard InChI is InChI=1S/C88H65N5/c1-54-45-56(3)85(57(4)46-54)64-37-43-83-75(49-64)76-50-65(86-58(5)47-55(2)48-59(86)6)38-44-84(76)93(83)87-73(60-33-39-67(40-34-60)91-79-29-17-13-25-69(79)70-26-14-18-30-80(70)91)51-66(88-89-77(62-21-9-7-10-22-62)53-78(90-88)63-23-11-8-12-24-63)52-74(87)61-35-41-68(42-36-61)92-81-31-19-15-27-71(81)72-28-16-20-32-82(72)92/h7-53H,1-6H3. The second-order valence-corrected chi connectivity index (χ2v) is 25.3. The van der Waals surface area contributed by atoms with Crippen molar-refractivity contribution in [2.45, 2.75) is 41.5 Å². The van der Waals surface area contributed by atoms with Gasteiger partial charge in [-0.05, 0) is 188 Å². The van der Waals surface area contributed by atoms with Crippen LogP contribution in [0.4, 0.5) is 0 Å². The van der Waals surface area contributed by atoms with E-state index in [1.165, 1.54) is 110 Å². The van der Waals surface area contributed by atoms with Crippen LogP contribution in [0.1, 0.15) is 33.4 Å². The summed E-state index contributed by atoms with van der Waals surface area (Å²) in [6, 6.07) is 105. The van der Waals surface area contributed by atoms with Crippen molar-refractivity contribution >= 4 is 65.4 Å². The van der Waals surface area contributed by atoms with E-state index in [0.717, 1.165) is 78.4 Å². The Bertz CT molecular complexity index is 5340. The highest BCUT2D eigenvalue weighted by molar-refractivity contribution is 6.14.